The molecule has 188 valence electrons. The lowest BCUT2D eigenvalue weighted by molar-refractivity contribution is -0.00621. The van der Waals surface area contributed by atoms with Crippen LogP contribution >= 0.6 is 0 Å². The number of hydrogen-bond acceptors (Lipinski definition) is 2. The van der Waals surface area contributed by atoms with E-state index in [1.807, 2.05) is 18.6 Å². The zero-order valence-electron chi connectivity index (χ0n) is 22.2. The zero-order chi connectivity index (χ0) is 25.5. The van der Waals surface area contributed by atoms with E-state index >= 15 is 0 Å². The van der Waals surface area contributed by atoms with E-state index in [9.17, 15) is 5.11 Å². The number of aryl methyl sites for hydroxylation is 4. The third kappa shape index (κ3) is 5.96. The lowest BCUT2D eigenvalue weighted by atomic mass is 9.73. The number of aromatic nitrogens is 2. The Morgan fingerprint density at radius 2 is 1.44 bits per heavy atom. The lowest BCUT2D eigenvalue weighted by Gasteiger charge is -2.38. The molecular weight excluding hydrogens is 440 g/mol. The number of nitrogens with zero attached hydrogens (tertiary/aromatic N) is 2. The Morgan fingerprint density at radius 3 is 2.14 bits per heavy atom. The molecule has 0 fully saturated rings. The Kier molecular flexibility index (Phi) is 8.43. The van der Waals surface area contributed by atoms with E-state index in [4.69, 9.17) is 0 Å². The molecule has 1 heterocycles. The van der Waals surface area contributed by atoms with E-state index in [1.165, 1.54) is 39.1 Å². The maximum absolute atomic E-state index is 12.4. The third-order valence-corrected chi connectivity index (χ3v) is 7.88. The first-order valence-electron chi connectivity index (χ1n) is 13.3. The summed E-state index contributed by atoms with van der Waals surface area (Å²) in [4.78, 5) is 4.45. The minimum Gasteiger partial charge on any atom is -0.389 e. The lowest BCUT2D eigenvalue weighted by Crippen LogP contribution is -2.38. The Bertz CT molecular complexity index is 1240. The van der Waals surface area contributed by atoms with E-state index < -0.39 is 5.60 Å². The Balaban J connectivity index is 1.61. The van der Waals surface area contributed by atoms with Crippen LogP contribution in [0.15, 0.2) is 85.3 Å². The smallest absolute Gasteiger partial charge is 0.0951 e. The van der Waals surface area contributed by atoms with Crippen molar-refractivity contribution < 1.29 is 5.11 Å². The molecule has 3 aromatic carbocycles. The average molecular weight is 481 g/mol. The van der Waals surface area contributed by atoms with Gasteiger partial charge in [0.1, 0.15) is 0 Å². The van der Waals surface area contributed by atoms with E-state index in [0.717, 1.165) is 32.2 Å². The van der Waals surface area contributed by atoms with Crippen molar-refractivity contribution in [3.05, 3.63) is 124 Å². The summed E-state index contributed by atoms with van der Waals surface area (Å²) in [7, 11) is 0. The second-order valence-corrected chi connectivity index (χ2v) is 10.3. The summed E-state index contributed by atoms with van der Waals surface area (Å²) >= 11 is 0. The van der Waals surface area contributed by atoms with Gasteiger partial charge in [0, 0.05) is 24.4 Å². The molecule has 4 aromatic rings. The van der Waals surface area contributed by atoms with Crippen molar-refractivity contribution in [3.8, 4) is 0 Å². The molecule has 2 atom stereocenters. The van der Waals surface area contributed by atoms with Crippen LogP contribution in [0.1, 0.15) is 71.2 Å². The van der Waals surface area contributed by atoms with Gasteiger partial charge < -0.3 is 9.67 Å². The first kappa shape index (κ1) is 25.9. The van der Waals surface area contributed by atoms with Crippen LogP contribution in [0.3, 0.4) is 0 Å². The van der Waals surface area contributed by atoms with Crippen molar-refractivity contribution in [2.24, 2.45) is 0 Å². The van der Waals surface area contributed by atoms with Gasteiger partial charge in [0.2, 0.25) is 0 Å². The van der Waals surface area contributed by atoms with Gasteiger partial charge in [0.05, 0.1) is 11.9 Å². The van der Waals surface area contributed by atoms with Crippen LogP contribution in [-0.2, 0) is 19.4 Å². The highest BCUT2D eigenvalue weighted by Crippen LogP contribution is 2.40. The van der Waals surface area contributed by atoms with Gasteiger partial charge in [-0.15, -0.1) is 0 Å². The molecule has 0 saturated carbocycles. The summed E-state index contributed by atoms with van der Waals surface area (Å²) in [6.07, 6.45) is 7.88. The fraction of sp³-hybridized carbons (Fsp3) is 0.364. The van der Waals surface area contributed by atoms with Crippen LogP contribution < -0.4 is 0 Å². The summed E-state index contributed by atoms with van der Waals surface area (Å²) in [5, 5.41) is 12.4. The van der Waals surface area contributed by atoms with Crippen LogP contribution in [0, 0.1) is 20.8 Å². The summed E-state index contributed by atoms with van der Waals surface area (Å²) < 4.78 is 2.22. The van der Waals surface area contributed by atoms with Gasteiger partial charge in [-0.1, -0.05) is 79.7 Å². The summed E-state index contributed by atoms with van der Waals surface area (Å²) in [6.45, 7) is 9.54. The normalized spacial score (nSPS) is 13.9. The van der Waals surface area contributed by atoms with Gasteiger partial charge >= 0.3 is 0 Å². The number of hydrogen-bond donors (Lipinski definition) is 1. The minimum absolute atomic E-state index is 0.0773. The van der Waals surface area contributed by atoms with Gasteiger partial charge in [-0.05, 0) is 86.3 Å². The fourth-order valence-corrected chi connectivity index (χ4v) is 5.75. The maximum Gasteiger partial charge on any atom is 0.0951 e. The van der Waals surface area contributed by atoms with Crippen molar-refractivity contribution in [2.75, 3.05) is 0 Å². The van der Waals surface area contributed by atoms with Crippen LogP contribution in [0.5, 0.6) is 0 Å². The summed E-state index contributed by atoms with van der Waals surface area (Å²) in [5.74, 6) is 0.0773. The van der Waals surface area contributed by atoms with Gasteiger partial charge in [-0.25, -0.2) is 4.98 Å². The molecule has 0 amide bonds. The highest BCUT2D eigenvalue weighted by Gasteiger charge is 2.37. The Labute approximate surface area is 216 Å². The second-order valence-electron chi connectivity index (χ2n) is 10.3. The Hall–Kier alpha value is -3.17. The van der Waals surface area contributed by atoms with Crippen molar-refractivity contribution in [1.29, 1.82) is 0 Å². The number of rotatable bonds is 11. The molecule has 0 aliphatic heterocycles. The molecule has 1 N–H and O–H groups in total. The third-order valence-electron chi connectivity index (χ3n) is 7.88. The molecule has 3 nitrogen and oxygen atoms in total. The number of imidazole rings is 1. The number of aliphatic hydroxyl groups is 1. The molecule has 0 saturated heterocycles. The first-order valence-corrected chi connectivity index (χ1v) is 13.3. The summed E-state index contributed by atoms with van der Waals surface area (Å²) in [5.41, 5.74) is 8.11. The molecule has 1 aromatic heterocycles. The van der Waals surface area contributed by atoms with E-state index in [1.54, 1.807) is 0 Å². The molecule has 0 spiro atoms. The Morgan fingerprint density at radius 1 is 0.806 bits per heavy atom. The van der Waals surface area contributed by atoms with E-state index in [0.29, 0.717) is 6.42 Å². The first-order chi connectivity index (χ1) is 17.4. The SMILES string of the molecule is CCC(c1ccccc1C)C(O)(CCc1c(C)cccc1C)CCc1cncn1Cc1ccccc1. The van der Waals surface area contributed by atoms with Gasteiger partial charge in [0.25, 0.3) is 0 Å². The highest BCUT2D eigenvalue weighted by atomic mass is 16.3. The highest BCUT2D eigenvalue weighted by molar-refractivity contribution is 5.35. The van der Waals surface area contributed by atoms with Gasteiger partial charge in [-0.3, -0.25) is 0 Å². The topological polar surface area (TPSA) is 38.1 Å². The van der Waals surface area contributed by atoms with E-state index in [2.05, 4.69) is 104 Å². The predicted molar refractivity (Wildman–Crippen MR) is 149 cm³/mol. The zero-order valence-corrected chi connectivity index (χ0v) is 22.2. The molecule has 4 rings (SSSR count). The molecule has 2 unspecified atom stereocenters. The van der Waals surface area contributed by atoms with Crippen LogP contribution in [0.4, 0.5) is 0 Å². The van der Waals surface area contributed by atoms with Gasteiger partial charge in [-0.2, -0.15) is 0 Å². The van der Waals surface area contributed by atoms with Crippen molar-refractivity contribution in [3.63, 3.8) is 0 Å². The van der Waals surface area contributed by atoms with Crippen LogP contribution in [0.2, 0.25) is 0 Å². The predicted octanol–water partition coefficient (Wildman–Crippen LogP) is 7.35. The van der Waals surface area contributed by atoms with E-state index in [-0.39, 0.29) is 5.92 Å². The molecule has 0 bridgehead atoms. The van der Waals surface area contributed by atoms with Crippen molar-refractivity contribution in [2.45, 2.75) is 77.9 Å². The largest absolute Gasteiger partial charge is 0.389 e. The minimum atomic E-state index is -0.822. The second kappa shape index (κ2) is 11.7. The monoisotopic (exact) mass is 480 g/mol. The fourth-order valence-electron chi connectivity index (χ4n) is 5.75. The number of benzene rings is 3. The average Bonchev–Trinajstić information content (AvgIpc) is 3.31. The maximum atomic E-state index is 12.4. The standard InChI is InChI=1S/C33H40N2O/c1-5-32(31-17-10-9-12-27(31)4)33(36,21-19-30-25(2)13-11-14-26(30)3)20-18-29-22-34-24-35(29)23-28-15-7-6-8-16-28/h6-17,22,24,32,36H,5,18-21,23H2,1-4H3. The van der Waals surface area contributed by atoms with Gasteiger partial charge in [0.15, 0.2) is 0 Å². The van der Waals surface area contributed by atoms with Crippen molar-refractivity contribution in [1.82, 2.24) is 9.55 Å². The molecule has 0 aliphatic carbocycles. The quantitative estimate of drug-likeness (QED) is 0.244. The molecule has 0 aliphatic rings. The molecule has 0 radical (unpaired) electrons. The molecule has 36 heavy (non-hydrogen) atoms. The van der Waals surface area contributed by atoms with Crippen LogP contribution in [-0.4, -0.2) is 20.3 Å². The molecular formula is C33H40N2O. The molecule has 3 heteroatoms. The van der Waals surface area contributed by atoms with Crippen LogP contribution in [0.25, 0.3) is 0 Å². The van der Waals surface area contributed by atoms with Crippen molar-refractivity contribution >= 4 is 0 Å². The summed E-state index contributed by atoms with van der Waals surface area (Å²) in [6, 6.07) is 25.5.